The molecule has 1 rings (SSSR count). The van der Waals surface area contributed by atoms with Crippen LogP contribution in [0, 0.1) is 25.2 Å². The van der Waals surface area contributed by atoms with E-state index in [1.807, 2.05) is 6.07 Å². The monoisotopic (exact) mass is 316 g/mol. The topological polar surface area (TPSA) is 70.7 Å². The maximum absolute atomic E-state index is 12.5. The summed E-state index contributed by atoms with van der Waals surface area (Å²) in [6.45, 7) is 5.23. The second-order valence-electron chi connectivity index (χ2n) is 5.35. The number of aryl methyl sites for hydroxylation is 1. The lowest BCUT2D eigenvalue weighted by Gasteiger charge is -2.16. The summed E-state index contributed by atoms with van der Waals surface area (Å²) >= 11 is 0. The third-order valence-electron chi connectivity index (χ3n) is 3.38. The number of hydrogen-bond donors (Lipinski definition) is 1. The van der Waals surface area contributed by atoms with Crippen LogP contribution < -0.4 is 5.32 Å². The van der Waals surface area contributed by atoms with Crippen LogP contribution in [0.2, 0.25) is 0 Å². The lowest BCUT2D eigenvalue weighted by molar-refractivity contribution is -0.143. The normalized spacial score (nSPS) is 14.3. The van der Waals surface area contributed by atoms with Gasteiger partial charge in [0.05, 0.1) is 24.1 Å². The minimum absolute atomic E-state index is 0.170. The van der Waals surface area contributed by atoms with Crippen LogP contribution in [0.5, 0.6) is 0 Å². The smallest absolute Gasteiger partial charge is 0.352 e. The maximum Gasteiger partial charge on any atom is 0.408 e. The Bertz CT molecular complexity index is 586. The van der Waals surface area contributed by atoms with Crippen molar-refractivity contribution in [3.63, 3.8) is 0 Å². The highest BCUT2D eigenvalue weighted by atomic mass is 19.4. The Labute approximate surface area is 127 Å². The van der Waals surface area contributed by atoms with Gasteiger partial charge in [-0.1, -0.05) is 0 Å². The summed E-state index contributed by atoms with van der Waals surface area (Å²) in [5.41, 5.74) is 1.22. The largest absolute Gasteiger partial charge is 0.408 e. The van der Waals surface area contributed by atoms with Crippen LogP contribution in [-0.2, 0) is 11.3 Å². The minimum Gasteiger partial charge on any atom is -0.352 e. The second kappa shape index (κ2) is 6.81. The van der Waals surface area contributed by atoms with Crippen molar-refractivity contribution in [1.82, 2.24) is 15.1 Å². The van der Waals surface area contributed by atoms with Crippen LogP contribution in [0.3, 0.4) is 0 Å². The van der Waals surface area contributed by atoms with E-state index in [1.54, 1.807) is 20.8 Å². The van der Waals surface area contributed by atoms with E-state index in [9.17, 15) is 18.0 Å². The van der Waals surface area contributed by atoms with Gasteiger partial charge in [0.15, 0.2) is 0 Å². The molecule has 0 aliphatic carbocycles. The Morgan fingerprint density at radius 2 is 2.00 bits per heavy atom. The zero-order chi connectivity index (χ0) is 17.1. The van der Waals surface area contributed by atoms with E-state index >= 15 is 0 Å². The Morgan fingerprint density at radius 1 is 1.41 bits per heavy atom. The number of nitrogens with one attached hydrogen (secondary N) is 1. The van der Waals surface area contributed by atoms with Crippen molar-refractivity contribution in [2.24, 2.45) is 0 Å². The standard InChI is InChI=1S/C14H19F3N4O/c1-8(5-6-18)19-13(22)9(2)12-10(3)20-21(11(12)4)7-14(15,16)17/h8-9H,5,7H2,1-4H3,(H,19,22)/t8-,9+/m0/s1. The van der Waals surface area contributed by atoms with Crippen LogP contribution in [-0.4, -0.2) is 27.9 Å². The van der Waals surface area contributed by atoms with Crippen molar-refractivity contribution in [3.05, 3.63) is 17.0 Å². The lowest BCUT2D eigenvalue weighted by Crippen LogP contribution is -2.35. The molecule has 1 N–H and O–H groups in total. The highest BCUT2D eigenvalue weighted by Crippen LogP contribution is 2.26. The van der Waals surface area contributed by atoms with Crippen LogP contribution in [0.4, 0.5) is 13.2 Å². The van der Waals surface area contributed by atoms with E-state index in [2.05, 4.69) is 10.4 Å². The minimum atomic E-state index is -4.37. The van der Waals surface area contributed by atoms with Crippen LogP contribution in [0.15, 0.2) is 0 Å². The Kier molecular flexibility index (Phi) is 5.58. The number of carbonyl (C=O) groups excluding carboxylic acids is 1. The van der Waals surface area contributed by atoms with Crippen molar-refractivity contribution in [2.75, 3.05) is 0 Å². The number of alkyl halides is 3. The fourth-order valence-corrected chi connectivity index (χ4v) is 2.35. The predicted octanol–water partition coefficient (Wildman–Crippen LogP) is 2.58. The summed E-state index contributed by atoms with van der Waals surface area (Å²) in [5.74, 6) is -0.969. The highest BCUT2D eigenvalue weighted by Gasteiger charge is 2.31. The molecule has 0 aliphatic heterocycles. The number of rotatable bonds is 5. The first kappa shape index (κ1) is 18.0. The van der Waals surface area contributed by atoms with E-state index < -0.39 is 18.6 Å². The van der Waals surface area contributed by atoms with Gasteiger partial charge in [-0.25, -0.2) is 0 Å². The first-order valence-corrected chi connectivity index (χ1v) is 6.84. The number of hydrogen-bond acceptors (Lipinski definition) is 3. The molecule has 0 bridgehead atoms. The number of carbonyl (C=O) groups is 1. The summed E-state index contributed by atoms with van der Waals surface area (Å²) < 4.78 is 38.4. The molecule has 22 heavy (non-hydrogen) atoms. The van der Waals surface area contributed by atoms with Gasteiger partial charge in [-0.2, -0.15) is 23.5 Å². The summed E-state index contributed by atoms with van der Waals surface area (Å²) in [5, 5.41) is 15.1. The summed E-state index contributed by atoms with van der Waals surface area (Å²) in [6, 6.07) is 1.63. The molecule has 1 aromatic rings. The molecule has 0 unspecified atom stereocenters. The molecular weight excluding hydrogens is 297 g/mol. The molecule has 0 fully saturated rings. The van der Waals surface area contributed by atoms with Crippen molar-refractivity contribution >= 4 is 5.91 Å². The van der Waals surface area contributed by atoms with Gasteiger partial charge < -0.3 is 5.32 Å². The number of halogens is 3. The molecule has 1 heterocycles. The van der Waals surface area contributed by atoms with E-state index in [4.69, 9.17) is 5.26 Å². The third kappa shape index (κ3) is 4.48. The molecule has 0 radical (unpaired) electrons. The summed E-state index contributed by atoms with van der Waals surface area (Å²) in [7, 11) is 0. The van der Waals surface area contributed by atoms with Crippen molar-refractivity contribution in [3.8, 4) is 6.07 Å². The van der Waals surface area contributed by atoms with Crippen molar-refractivity contribution in [1.29, 1.82) is 5.26 Å². The average molecular weight is 316 g/mol. The molecular formula is C14H19F3N4O. The lowest BCUT2D eigenvalue weighted by atomic mass is 9.98. The van der Waals surface area contributed by atoms with Gasteiger partial charge in [-0.15, -0.1) is 0 Å². The zero-order valence-corrected chi connectivity index (χ0v) is 13.0. The predicted molar refractivity (Wildman–Crippen MR) is 74.0 cm³/mol. The van der Waals surface area contributed by atoms with E-state index in [0.717, 1.165) is 4.68 Å². The zero-order valence-electron chi connectivity index (χ0n) is 13.0. The molecule has 1 amide bonds. The molecule has 0 aliphatic rings. The number of nitriles is 1. The molecule has 0 spiro atoms. The average Bonchev–Trinajstić information content (AvgIpc) is 2.61. The van der Waals surface area contributed by atoms with Crippen molar-refractivity contribution in [2.45, 2.75) is 58.8 Å². The molecule has 2 atom stereocenters. The van der Waals surface area contributed by atoms with Gasteiger partial charge in [-0.05, 0) is 27.7 Å². The summed E-state index contributed by atoms with van der Waals surface area (Å²) in [4.78, 5) is 12.1. The first-order chi connectivity index (χ1) is 10.1. The number of nitrogens with zero attached hydrogens (tertiary/aromatic N) is 3. The number of aromatic nitrogens is 2. The highest BCUT2D eigenvalue weighted by molar-refractivity contribution is 5.84. The quantitative estimate of drug-likeness (QED) is 0.907. The second-order valence-corrected chi connectivity index (χ2v) is 5.35. The maximum atomic E-state index is 12.5. The molecule has 8 heteroatoms. The van der Waals surface area contributed by atoms with Gasteiger partial charge in [0.1, 0.15) is 6.54 Å². The molecule has 5 nitrogen and oxygen atoms in total. The Hall–Kier alpha value is -2.04. The van der Waals surface area contributed by atoms with E-state index in [0.29, 0.717) is 17.0 Å². The van der Waals surface area contributed by atoms with Gasteiger partial charge in [0.25, 0.3) is 0 Å². The van der Waals surface area contributed by atoms with E-state index in [1.165, 1.54) is 6.92 Å². The first-order valence-electron chi connectivity index (χ1n) is 6.84. The fraction of sp³-hybridized carbons (Fsp3) is 0.643. The van der Waals surface area contributed by atoms with Gasteiger partial charge in [-0.3, -0.25) is 9.48 Å². The number of amides is 1. The fourth-order valence-electron chi connectivity index (χ4n) is 2.35. The molecule has 1 aromatic heterocycles. The molecule has 0 saturated carbocycles. The van der Waals surface area contributed by atoms with Gasteiger partial charge in [0, 0.05) is 17.3 Å². The molecule has 0 saturated heterocycles. The molecule has 0 aromatic carbocycles. The summed E-state index contributed by atoms with van der Waals surface area (Å²) in [6.07, 6.45) is -4.20. The van der Waals surface area contributed by atoms with Crippen LogP contribution >= 0.6 is 0 Å². The van der Waals surface area contributed by atoms with Crippen molar-refractivity contribution < 1.29 is 18.0 Å². The Balaban J connectivity index is 2.97. The van der Waals surface area contributed by atoms with E-state index in [-0.39, 0.29) is 18.4 Å². The van der Waals surface area contributed by atoms with Gasteiger partial charge >= 0.3 is 6.18 Å². The van der Waals surface area contributed by atoms with Crippen LogP contribution in [0.1, 0.15) is 43.1 Å². The van der Waals surface area contributed by atoms with Crippen LogP contribution in [0.25, 0.3) is 0 Å². The van der Waals surface area contributed by atoms with Gasteiger partial charge in [0.2, 0.25) is 5.91 Å². The Morgan fingerprint density at radius 3 is 2.50 bits per heavy atom. The molecule has 122 valence electrons. The SMILES string of the molecule is Cc1nn(CC(F)(F)F)c(C)c1[C@@H](C)C(=O)N[C@@H](C)CC#N. The third-order valence-corrected chi connectivity index (χ3v) is 3.38.